The number of hydrogen-bond donors (Lipinski definition) is 2. The number of hydrogen-bond acceptors (Lipinski definition) is 2. The largest absolute Gasteiger partial charge is 0.397 e. The molecular formula is C14H16BrN3. The number of nitrogen functional groups attached to an aromatic ring is 1. The minimum absolute atomic E-state index is 0.634. The van der Waals surface area contributed by atoms with Crippen LogP contribution in [0.4, 0.5) is 5.69 Å². The third-order valence-corrected chi connectivity index (χ3v) is 5.15. The Balaban J connectivity index is 1.80. The molecule has 1 aromatic heterocycles. The zero-order chi connectivity index (χ0) is 12.3. The number of anilines is 1. The molecule has 0 radical (unpaired) electrons. The van der Waals surface area contributed by atoms with Crippen molar-refractivity contribution in [3.63, 3.8) is 0 Å². The van der Waals surface area contributed by atoms with Crippen LogP contribution in [0.15, 0.2) is 16.6 Å². The van der Waals surface area contributed by atoms with Crippen molar-refractivity contribution in [3.05, 3.63) is 22.4 Å². The highest BCUT2D eigenvalue weighted by atomic mass is 79.9. The van der Waals surface area contributed by atoms with E-state index in [0.717, 1.165) is 38.9 Å². The molecule has 2 aliphatic rings. The Kier molecular flexibility index (Phi) is 2.25. The molecule has 0 saturated heterocycles. The third kappa shape index (κ3) is 1.51. The molecule has 3 unspecified atom stereocenters. The SMILES string of the molecule is Nc1cc(Br)cc2[nH]c(C3CC4CCC3C4)nc12. The van der Waals surface area contributed by atoms with Gasteiger partial charge < -0.3 is 10.7 Å². The van der Waals surface area contributed by atoms with Crippen LogP contribution >= 0.6 is 15.9 Å². The molecule has 2 aromatic rings. The first-order valence-corrected chi connectivity index (χ1v) is 7.44. The molecule has 2 fully saturated rings. The lowest BCUT2D eigenvalue weighted by Gasteiger charge is -2.18. The Hall–Kier alpha value is -1.03. The van der Waals surface area contributed by atoms with E-state index < -0.39 is 0 Å². The van der Waals surface area contributed by atoms with E-state index in [1.54, 1.807) is 0 Å². The maximum Gasteiger partial charge on any atom is 0.112 e. The van der Waals surface area contributed by atoms with Crippen LogP contribution in [0.2, 0.25) is 0 Å². The van der Waals surface area contributed by atoms with Gasteiger partial charge in [-0.25, -0.2) is 4.98 Å². The summed E-state index contributed by atoms with van der Waals surface area (Å²) in [4.78, 5) is 8.24. The molecule has 3 N–H and O–H groups in total. The smallest absolute Gasteiger partial charge is 0.112 e. The van der Waals surface area contributed by atoms with Gasteiger partial charge in [0.25, 0.3) is 0 Å². The van der Waals surface area contributed by atoms with E-state index in [0.29, 0.717) is 5.92 Å². The van der Waals surface area contributed by atoms with Crippen molar-refractivity contribution in [2.45, 2.75) is 31.6 Å². The van der Waals surface area contributed by atoms with Gasteiger partial charge in [0.05, 0.1) is 11.2 Å². The van der Waals surface area contributed by atoms with Crippen LogP contribution in [0, 0.1) is 11.8 Å². The normalized spacial score (nSPS) is 30.4. The summed E-state index contributed by atoms with van der Waals surface area (Å²) in [6.45, 7) is 0. The van der Waals surface area contributed by atoms with Crippen LogP contribution in [-0.2, 0) is 0 Å². The highest BCUT2D eigenvalue weighted by Gasteiger charge is 2.41. The van der Waals surface area contributed by atoms with Crippen molar-refractivity contribution >= 4 is 32.7 Å². The van der Waals surface area contributed by atoms with Gasteiger partial charge in [0, 0.05) is 10.4 Å². The standard InChI is InChI=1S/C14H16BrN3/c15-9-5-11(16)13-12(6-9)17-14(18-13)10-4-7-1-2-8(10)3-7/h5-8,10H,1-4,16H2,(H,17,18). The van der Waals surface area contributed by atoms with Crippen molar-refractivity contribution in [2.24, 2.45) is 11.8 Å². The number of rotatable bonds is 1. The van der Waals surface area contributed by atoms with Crippen molar-refractivity contribution < 1.29 is 0 Å². The van der Waals surface area contributed by atoms with Gasteiger partial charge in [0.2, 0.25) is 0 Å². The second kappa shape index (κ2) is 3.73. The lowest BCUT2D eigenvalue weighted by Crippen LogP contribution is -2.09. The van der Waals surface area contributed by atoms with Gasteiger partial charge in [-0.15, -0.1) is 0 Å². The highest BCUT2D eigenvalue weighted by molar-refractivity contribution is 9.10. The summed E-state index contributed by atoms with van der Waals surface area (Å²) in [6.07, 6.45) is 5.52. The Morgan fingerprint density at radius 2 is 2.17 bits per heavy atom. The third-order valence-electron chi connectivity index (χ3n) is 4.69. The molecule has 0 spiro atoms. The average Bonchev–Trinajstić information content (AvgIpc) is 3.01. The molecule has 0 aliphatic heterocycles. The number of benzene rings is 1. The molecular weight excluding hydrogens is 290 g/mol. The minimum atomic E-state index is 0.634. The second-order valence-corrected chi connectivity index (χ2v) is 6.71. The zero-order valence-corrected chi connectivity index (χ0v) is 11.7. The van der Waals surface area contributed by atoms with E-state index in [9.17, 15) is 0 Å². The first-order valence-electron chi connectivity index (χ1n) is 6.65. The van der Waals surface area contributed by atoms with Crippen LogP contribution in [0.3, 0.4) is 0 Å². The molecule has 1 aromatic carbocycles. The number of imidazole rings is 1. The molecule has 18 heavy (non-hydrogen) atoms. The minimum Gasteiger partial charge on any atom is -0.397 e. The first-order chi connectivity index (χ1) is 8.70. The first kappa shape index (κ1) is 10.9. The van der Waals surface area contributed by atoms with Gasteiger partial charge in [0.15, 0.2) is 0 Å². The van der Waals surface area contributed by atoms with Crippen molar-refractivity contribution in [2.75, 3.05) is 5.73 Å². The Bertz CT molecular complexity index is 619. The van der Waals surface area contributed by atoms with Crippen molar-refractivity contribution in [1.82, 2.24) is 9.97 Å². The number of nitrogens with zero attached hydrogens (tertiary/aromatic N) is 1. The summed E-state index contributed by atoms with van der Waals surface area (Å²) in [5.74, 6) is 3.58. The van der Waals surface area contributed by atoms with Crippen LogP contribution in [-0.4, -0.2) is 9.97 Å². The summed E-state index contributed by atoms with van der Waals surface area (Å²) in [5.41, 5.74) is 8.77. The van der Waals surface area contributed by atoms with E-state index in [1.807, 2.05) is 6.07 Å². The van der Waals surface area contributed by atoms with Crippen molar-refractivity contribution in [1.29, 1.82) is 0 Å². The lowest BCUT2D eigenvalue weighted by molar-refractivity contribution is 0.408. The topological polar surface area (TPSA) is 54.7 Å². The molecule has 0 amide bonds. The number of nitrogens with one attached hydrogen (secondary N) is 1. The Morgan fingerprint density at radius 3 is 2.89 bits per heavy atom. The molecule has 2 aliphatic carbocycles. The van der Waals surface area contributed by atoms with E-state index in [2.05, 4.69) is 27.0 Å². The Labute approximate surface area is 114 Å². The quantitative estimate of drug-likeness (QED) is 0.787. The number of H-pyrrole nitrogens is 1. The van der Waals surface area contributed by atoms with Gasteiger partial charge in [-0.2, -0.15) is 0 Å². The molecule has 3 nitrogen and oxygen atoms in total. The van der Waals surface area contributed by atoms with E-state index in [1.165, 1.54) is 25.7 Å². The van der Waals surface area contributed by atoms with Gasteiger partial charge in [-0.3, -0.25) is 0 Å². The monoisotopic (exact) mass is 305 g/mol. The molecule has 4 heteroatoms. The summed E-state index contributed by atoms with van der Waals surface area (Å²) >= 11 is 3.48. The summed E-state index contributed by atoms with van der Waals surface area (Å²) in [6, 6.07) is 3.99. The van der Waals surface area contributed by atoms with Gasteiger partial charge >= 0.3 is 0 Å². The van der Waals surface area contributed by atoms with Crippen LogP contribution in [0.1, 0.15) is 37.4 Å². The van der Waals surface area contributed by atoms with Crippen LogP contribution in [0.25, 0.3) is 11.0 Å². The van der Waals surface area contributed by atoms with Gasteiger partial charge in [-0.05, 0) is 43.2 Å². The summed E-state index contributed by atoms with van der Waals surface area (Å²) in [5, 5.41) is 0. The molecule has 1 heterocycles. The fraction of sp³-hybridized carbons (Fsp3) is 0.500. The average molecular weight is 306 g/mol. The molecule has 94 valence electrons. The van der Waals surface area contributed by atoms with Gasteiger partial charge in [-0.1, -0.05) is 22.4 Å². The highest BCUT2D eigenvalue weighted by Crippen LogP contribution is 2.52. The summed E-state index contributed by atoms with van der Waals surface area (Å²) < 4.78 is 1.01. The maximum atomic E-state index is 6.03. The molecule has 2 saturated carbocycles. The van der Waals surface area contributed by atoms with Crippen molar-refractivity contribution in [3.8, 4) is 0 Å². The second-order valence-electron chi connectivity index (χ2n) is 5.79. The Morgan fingerprint density at radius 1 is 1.28 bits per heavy atom. The number of aromatic amines is 1. The van der Waals surface area contributed by atoms with Gasteiger partial charge in [0.1, 0.15) is 11.3 Å². The van der Waals surface area contributed by atoms with E-state index in [4.69, 9.17) is 10.7 Å². The predicted octanol–water partition coefficient (Wildman–Crippen LogP) is 3.81. The zero-order valence-electron chi connectivity index (χ0n) is 10.1. The molecule has 2 bridgehead atoms. The molecule has 4 rings (SSSR count). The summed E-state index contributed by atoms with van der Waals surface area (Å²) in [7, 11) is 0. The predicted molar refractivity (Wildman–Crippen MR) is 76.4 cm³/mol. The maximum absolute atomic E-state index is 6.03. The number of aromatic nitrogens is 2. The number of nitrogens with two attached hydrogens (primary N) is 1. The number of fused-ring (bicyclic) bond motifs is 3. The van der Waals surface area contributed by atoms with E-state index >= 15 is 0 Å². The van der Waals surface area contributed by atoms with Crippen LogP contribution in [0.5, 0.6) is 0 Å². The molecule has 3 atom stereocenters. The lowest BCUT2D eigenvalue weighted by atomic mass is 9.88. The number of halogens is 1. The van der Waals surface area contributed by atoms with Crippen LogP contribution < -0.4 is 5.73 Å². The fourth-order valence-corrected chi connectivity index (χ4v) is 4.36. The fourth-order valence-electron chi connectivity index (χ4n) is 3.88. The van der Waals surface area contributed by atoms with E-state index in [-0.39, 0.29) is 0 Å².